The molecule has 0 amide bonds. The molecule has 114 valence electrons. The van der Waals surface area contributed by atoms with E-state index in [0.717, 1.165) is 49.9 Å². The van der Waals surface area contributed by atoms with Gasteiger partial charge in [-0.1, -0.05) is 0 Å². The van der Waals surface area contributed by atoms with E-state index >= 15 is 0 Å². The van der Waals surface area contributed by atoms with Gasteiger partial charge in [-0.2, -0.15) is 0 Å². The molecule has 6 heteroatoms. The topological polar surface area (TPSA) is 48.7 Å². The third-order valence-corrected chi connectivity index (χ3v) is 4.03. The summed E-state index contributed by atoms with van der Waals surface area (Å²) in [6.07, 6.45) is 6.98. The molecule has 1 saturated heterocycles. The van der Waals surface area contributed by atoms with Crippen LogP contribution in [-0.4, -0.2) is 58.5 Å². The smallest absolute Gasteiger partial charge is 0.180 e. The maximum Gasteiger partial charge on any atom is 0.180 e. The summed E-state index contributed by atoms with van der Waals surface area (Å²) in [5.74, 6) is 1.89. The third kappa shape index (κ3) is 2.81. The summed E-state index contributed by atoms with van der Waals surface area (Å²) < 4.78 is 2.06. The molecule has 0 spiro atoms. The van der Waals surface area contributed by atoms with E-state index in [9.17, 15) is 0 Å². The average Bonchev–Trinajstić information content (AvgIpc) is 2.84. The molecule has 0 aromatic carbocycles. The van der Waals surface area contributed by atoms with Crippen LogP contribution in [0.5, 0.6) is 0 Å². The molecule has 3 heterocycles. The first-order valence-electron chi connectivity index (χ1n) is 7.71. The van der Waals surface area contributed by atoms with E-state index in [0.29, 0.717) is 6.04 Å². The van der Waals surface area contributed by atoms with Crippen LogP contribution in [0.15, 0.2) is 18.6 Å². The van der Waals surface area contributed by atoms with Crippen molar-refractivity contribution >= 4 is 17.3 Å². The van der Waals surface area contributed by atoms with E-state index in [-0.39, 0.29) is 0 Å². The second-order valence-corrected chi connectivity index (χ2v) is 5.80. The Morgan fingerprint density at radius 3 is 3.05 bits per heavy atom. The Labute approximate surface area is 125 Å². The molecule has 1 N–H and O–H groups in total. The number of rotatable bonds is 3. The van der Waals surface area contributed by atoms with Crippen molar-refractivity contribution in [2.24, 2.45) is 0 Å². The first kappa shape index (κ1) is 14.1. The van der Waals surface area contributed by atoms with Crippen molar-refractivity contribution in [1.82, 2.24) is 19.3 Å². The molecule has 0 saturated carbocycles. The minimum absolute atomic E-state index is 0.433. The third-order valence-electron chi connectivity index (χ3n) is 4.03. The highest BCUT2D eigenvalue weighted by Crippen LogP contribution is 2.24. The van der Waals surface area contributed by atoms with Gasteiger partial charge in [0.05, 0.1) is 6.20 Å². The highest BCUT2D eigenvalue weighted by Gasteiger charge is 2.23. The molecule has 3 rings (SSSR count). The van der Waals surface area contributed by atoms with Crippen molar-refractivity contribution in [2.45, 2.75) is 26.3 Å². The molecule has 2 aromatic rings. The quantitative estimate of drug-likeness (QED) is 0.931. The summed E-state index contributed by atoms with van der Waals surface area (Å²) in [6, 6.07) is 0.433. The summed E-state index contributed by atoms with van der Waals surface area (Å²) >= 11 is 0. The zero-order valence-corrected chi connectivity index (χ0v) is 13.1. The fourth-order valence-electron chi connectivity index (χ4n) is 3.06. The van der Waals surface area contributed by atoms with Gasteiger partial charge in [-0.15, -0.1) is 0 Å². The zero-order valence-electron chi connectivity index (χ0n) is 13.1. The standard InChI is InChI=1S/C15H24N6/c1-4-16-13-11-20-9-6-17-14(20)15(18-13)21-8-5-7-19(3)10-12(21)2/h6,9,11-12,16H,4-5,7-8,10H2,1-3H3. The average molecular weight is 288 g/mol. The van der Waals surface area contributed by atoms with Crippen LogP contribution in [0.3, 0.4) is 0 Å². The van der Waals surface area contributed by atoms with E-state index in [1.54, 1.807) is 0 Å². The van der Waals surface area contributed by atoms with Gasteiger partial charge in [-0.3, -0.25) is 0 Å². The summed E-state index contributed by atoms with van der Waals surface area (Å²) in [7, 11) is 2.19. The maximum absolute atomic E-state index is 4.82. The zero-order chi connectivity index (χ0) is 14.8. The van der Waals surface area contributed by atoms with E-state index in [1.165, 1.54) is 0 Å². The number of nitrogens with zero attached hydrogens (tertiary/aromatic N) is 5. The number of hydrogen-bond acceptors (Lipinski definition) is 5. The van der Waals surface area contributed by atoms with Gasteiger partial charge in [0.2, 0.25) is 0 Å². The molecule has 1 aliphatic heterocycles. The van der Waals surface area contributed by atoms with Gasteiger partial charge in [0.1, 0.15) is 5.82 Å². The van der Waals surface area contributed by atoms with Crippen molar-refractivity contribution in [3.05, 3.63) is 18.6 Å². The van der Waals surface area contributed by atoms with Gasteiger partial charge in [0.25, 0.3) is 0 Å². The first-order valence-corrected chi connectivity index (χ1v) is 7.71. The van der Waals surface area contributed by atoms with E-state index in [4.69, 9.17) is 4.98 Å². The molecule has 1 atom stereocenters. The van der Waals surface area contributed by atoms with Crippen LogP contribution in [0, 0.1) is 0 Å². The predicted molar refractivity (Wildman–Crippen MR) is 86.1 cm³/mol. The monoisotopic (exact) mass is 288 g/mol. The van der Waals surface area contributed by atoms with Crippen LogP contribution in [0.25, 0.3) is 5.65 Å². The summed E-state index contributed by atoms with van der Waals surface area (Å²) in [4.78, 5) is 14.1. The lowest BCUT2D eigenvalue weighted by Gasteiger charge is -2.29. The largest absolute Gasteiger partial charge is 0.369 e. The van der Waals surface area contributed by atoms with Crippen molar-refractivity contribution in [2.75, 3.05) is 43.4 Å². The highest BCUT2D eigenvalue weighted by molar-refractivity contribution is 5.67. The molecule has 21 heavy (non-hydrogen) atoms. The molecule has 6 nitrogen and oxygen atoms in total. The lowest BCUT2D eigenvalue weighted by Crippen LogP contribution is -2.38. The van der Waals surface area contributed by atoms with Crippen molar-refractivity contribution in [1.29, 1.82) is 0 Å². The summed E-state index contributed by atoms with van der Waals surface area (Å²) in [5, 5.41) is 3.31. The van der Waals surface area contributed by atoms with Crippen LogP contribution < -0.4 is 10.2 Å². The van der Waals surface area contributed by atoms with Crippen molar-refractivity contribution in [3.8, 4) is 0 Å². The maximum atomic E-state index is 4.82. The van der Waals surface area contributed by atoms with Crippen LogP contribution in [-0.2, 0) is 0 Å². The Hall–Kier alpha value is -1.82. The number of fused-ring (bicyclic) bond motifs is 1. The number of nitrogens with one attached hydrogen (secondary N) is 1. The van der Waals surface area contributed by atoms with Gasteiger partial charge in [0.15, 0.2) is 11.5 Å². The molecule has 1 fully saturated rings. The highest BCUT2D eigenvalue weighted by atomic mass is 15.3. The molecule has 2 aromatic heterocycles. The second kappa shape index (κ2) is 5.89. The molecule has 1 unspecified atom stereocenters. The van der Waals surface area contributed by atoms with Gasteiger partial charge in [-0.25, -0.2) is 9.97 Å². The number of anilines is 2. The van der Waals surface area contributed by atoms with E-state index < -0.39 is 0 Å². The van der Waals surface area contributed by atoms with Gasteiger partial charge >= 0.3 is 0 Å². The number of likely N-dealkylation sites (N-methyl/N-ethyl adjacent to an activating group) is 1. The van der Waals surface area contributed by atoms with Crippen LogP contribution in [0.4, 0.5) is 11.6 Å². The van der Waals surface area contributed by atoms with Gasteiger partial charge in [0, 0.05) is 38.1 Å². The molecule has 0 aliphatic carbocycles. The molecular formula is C15H24N6. The predicted octanol–water partition coefficient (Wildman–Crippen LogP) is 1.69. The lowest BCUT2D eigenvalue weighted by atomic mass is 10.2. The van der Waals surface area contributed by atoms with E-state index in [2.05, 4.69) is 45.4 Å². The first-order chi connectivity index (χ1) is 10.2. The Morgan fingerprint density at radius 1 is 1.38 bits per heavy atom. The SMILES string of the molecule is CCNc1cn2ccnc2c(N2CCCN(C)CC2C)n1. The van der Waals surface area contributed by atoms with Crippen molar-refractivity contribution < 1.29 is 0 Å². The van der Waals surface area contributed by atoms with Crippen molar-refractivity contribution in [3.63, 3.8) is 0 Å². The fraction of sp³-hybridized carbons (Fsp3) is 0.600. The summed E-state index contributed by atoms with van der Waals surface area (Å²) in [5.41, 5.74) is 0.938. The van der Waals surface area contributed by atoms with E-state index in [1.807, 2.05) is 18.6 Å². The lowest BCUT2D eigenvalue weighted by molar-refractivity contribution is 0.337. The number of hydrogen-bond donors (Lipinski definition) is 1. The fourth-order valence-corrected chi connectivity index (χ4v) is 3.06. The second-order valence-electron chi connectivity index (χ2n) is 5.80. The normalized spacial score (nSPS) is 20.7. The molecule has 1 aliphatic rings. The Balaban J connectivity index is 2.02. The van der Waals surface area contributed by atoms with Crippen LogP contribution in [0.1, 0.15) is 20.3 Å². The van der Waals surface area contributed by atoms with Gasteiger partial charge < -0.3 is 19.5 Å². The van der Waals surface area contributed by atoms with Crippen LogP contribution >= 0.6 is 0 Å². The number of imidazole rings is 1. The number of aromatic nitrogens is 3. The molecule has 0 bridgehead atoms. The Bertz CT molecular complexity index is 607. The summed E-state index contributed by atoms with van der Waals surface area (Å²) in [6.45, 7) is 8.44. The molecule has 0 radical (unpaired) electrons. The molecular weight excluding hydrogens is 264 g/mol. The Morgan fingerprint density at radius 2 is 2.24 bits per heavy atom. The minimum Gasteiger partial charge on any atom is -0.369 e. The van der Waals surface area contributed by atoms with Crippen LogP contribution in [0.2, 0.25) is 0 Å². The minimum atomic E-state index is 0.433. The Kier molecular flexibility index (Phi) is 3.96. The van der Waals surface area contributed by atoms with Gasteiger partial charge in [-0.05, 0) is 33.9 Å².